The van der Waals surface area contributed by atoms with Gasteiger partial charge < -0.3 is 20.3 Å². The lowest BCUT2D eigenvalue weighted by Gasteiger charge is -2.30. The first-order chi connectivity index (χ1) is 10.7. The van der Waals surface area contributed by atoms with Gasteiger partial charge >= 0.3 is 0 Å². The van der Waals surface area contributed by atoms with E-state index in [2.05, 4.69) is 22.5 Å². The number of nitrogens with zero attached hydrogens (tertiary/aromatic N) is 1. The van der Waals surface area contributed by atoms with Crippen molar-refractivity contribution in [3.63, 3.8) is 0 Å². The number of hydrogen-bond acceptors (Lipinski definition) is 3. The van der Waals surface area contributed by atoms with Crippen molar-refractivity contribution in [2.24, 2.45) is 5.92 Å². The average molecular weight is 321 g/mol. The van der Waals surface area contributed by atoms with Gasteiger partial charge in [0, 0.05) is 24.8 Å². The molecule has 4 nitrogen and oxygen atoms in total. The monoisotopic (exact) mass is 321 g/mol. The molecule has 0 aliphatic carbocycles. The van der Waals surface area contributed by atoms with Gasteiger partial charge in [0.25, 0.3) is 0 Å². The van der Waals surface area contributed by atoms with Crippen molar-refractivity contribution >= 4 is 23.0 Å². The molecule has 1 saturated heterocycles. The van der Waals surface area contributed by atoms with Crippen LogP contribution in [0.25, 0.3) is 0 Å². The zero-order valence-corrected chi connectivity index (χ0v) is 14.4. The van der Waals surface area contributed by atoms with Crippen molar-refractivity contribution in [3.8, 4) is 5.75 Å². The van der Waals surface area contributed by atoms with E-state index < -0.39 is 0 Å². The van der Waals surface area contributed by atoms with E-state index in [1.54, 1.807) is 7.11 Å². The highest BCUT2D eigenvalue weighted by Crippen LogP contribution is 2.17. The summed E-state index contributed by atoms with van der Waals surface area (Å²) in [7, 11) is 1.66. The molecule has 1 fully saturated rings. The van der Waals surface area contributed by atoms with Crippen LogP contribution in [0, 0.1) is 5.92 Å². The molecule has 0 saturated carbocycles. The number of benzene rings is 1. The Kier molecular flexibility index (Phi) is 6.93. The lowest BCUT2D eigenvalue weighted by molar-refractivity contribution is 0.182. The van der Waals surface area contributed by atoms with E-state index >= 15 is 0 Å². The van der Waals surface area contributed by atoms with Crippen LogP contribution in [-0.2, 0) is 0 Å². The van der Waals surface area contributed by atoms with Crippen molar-refractivity contribution in [2.75, 3.05) is 38.6 Å². The molecule has 1 aliphatic rings. The summed E-state index contributed by atoms with van der Waals surface area (Å²) in [6.45, 7) is 6.89. The second-order valence-electron chi connectivity index (χ2n) is 6.01. The Hall–Kier alpha value is -1.33. The highest BCUT2D eigenvalue weighted by Gasteiger charge is 2.15. The molecule has 0 spiro atoms. The normalized spacial score (nSPS) is 18.7. The van der Waals surface area contributed by atoms with Crippen molar-refractivity contribution in [1.82, 2.24) is 10.2 Å². The van der Waals surface area contributed by atoms with Gasteiger partial charge in [0.2, 0.25) is 0 Å². The van der Waals surface area contributed by atoms with Gasteiger partial charge in [-0.1, -0.05) is 13.0 Å². The molecule has 1 aromatic rings. The predicted octanol–water partition coefficient (Wildman–Crippen LogP) is 3.10. The first-order valence-corrected chi connectivity index (χ1v) is 8.49. The lowest BCUT2D eigenvalue weighted by atomic mass is 10.0. The molecule has 1 aromatic carbocycles. The molecule has 0 bridgehead atoms. The fourth-order valence-corrected chi connectivity index (χ4v) is 3.09. The SMILES string of the molecule is COc1cccc(NC(=S)NCCCN2CCC[C@@H](C)C2)c1. The van der Waals surface area contributed by atoms with Gasteiger partial charge in [-0.3, -0.25) is 0 Å². The molecule has 1 heterocycles. The quantitative estimate of drug-likeness (QED) is 0.622. The number of rotatable bonds is 6. The fourth-order valence-electron chi connectivity index (χ4n) is 2.87. The minimum Gasteiger partial charge on any atom is -0.497 e. The molecule has 5 heteroatoms. The maximum Gasteiger partial charge on any atom is 0.170 e. The van der Waals surface area contributed by atoms with Gasteiger partial charge in [-0.2, -0.15) is 0 Å². The van der Waals surface area contributed by atoms with Crippen LogP contribution >= 0.6 is 12.2 Å². The number of anilines is 1. The molecule has 2 N–H and O–H groups in total. The molecular formula is C17H27N3OS. The van der Waals surface area contributed by atoms with Crippen LogP contribution in [0.1, 0.15) is 26.2 Å². The van der Waals surface area contributed by atoms with E-state index in [1.807, 2.05) is 24.3 Å². The average Bonchev–Trinajstić information content (AvgIpc) is 2.52. The zero-order chi connectivity index (χ0) is 15.8. The van der Waals surface area contributed by atoms with Crippen LogP contribution in [-0.4, -0.2) is 43.3 Å². The number of nitrogens with one attached hydrogen (secondary N) is 2. The summed E-state index contributed by atoms with van der Waals surface area (Å²) >= 11 is 5.33. The fraction of sp³-hybridized carbons (Fsp3) is 0.588. The molecule has 0 radical (unpaired) electrons. The van der Waals surface area contributed by atoms with Gasteiger partial charge in [-0.05, 0) is 62.6 Å². The summed E-state index contributed by atoms with van der Waals surface area (Å²) in [5.41, 5.74) is 0.946. The molecule has 1 aliphatic heterocycles. The summed E-state index contributed by atoms with van der Waals surface area (Å²) in [6, 6.07) is 7.78. The maximum atomic E-state index is 5.33. The topological polar surface area (TPSA) is 36.5 Å². The Balaban J connectivity index is 1.63. The number of thiocarbonyl (C=S) groups is 1. The number of piperidine rings is 1. The van der Waals surface area contributed by atoms with Crippen LogP contribution in [0.2, 0.25) is 0 Å². The van der Waals surface area contributed by atoms with E-state index in [0.717, 1.165) is 36.9 Å². The molecule has 0 amide bonds. The third-order valence-electron chi connectivity index (χ3n) is 4.01. The van der Waals surface area contributed by atoms with E-state index in [-0.39, 0.29) is 0 Å². The van der Waals surface area contributed by atoms with Crippen LogP contribution in [0.4, 0.5) is 5.69 Å². The van der Waals surface area contributed by atoms with Gasteiger partial charge in [-0.15, -0.1) is 0 Å². The standard InChI is InChI=1S/C17H27N3OS/c1-14-6-4-10-20(13-14)11-5-9-18-17(22)19-15-7-3-8-16(12-15)21-2/h3,7-8,12,14H,4-6,9-11,13H2,1-2H3,(H2,18,19,22)/t14-/m1/s1. The van der Waals surface area contributed by atoms with Crippen LogP contribution in [0.5, 0.6) is 5.75 Å². The Labute approximate surface area is 139 Å². The highest BCUT2D eigenvalue weighted by molar-refractivity contribution is 7.80. The smallest absolute Gasteiger partial charge is 0.170 e. The highest BCUT2D eigenvalue weighted by atomic mass is 32.1. The van der Waals surface area contributed by atoms with E-state index in [0.29, 0.717) is 5.11 Å². The summed E-state index contributed by atoms with van der Waals surface area (Å²) < 4.78 is 5.20. The van der Waals surface area contributed by atoms with E-state index in [4.69, 9.17) is 17.0 Å². The lowest BCUT2D eigenvalue weighted by Crippen LogP contribution is -2.37. The first kappa shape index (κ1) is 17.0. The summed E-state index contributed by atoms with van der Waals surface area (Å²) in [4.78, 5) is 2.56. The molecule has 122 valence electrons. The first-order valence-electron chi connectivity index (χ1n) is 8.08. The summed E-state index contributed by atoms with van der Waals surface area (Å²) in [6.07, 6.45) is 3.83. The minimum absolute atomic E-state index is 0.667. The number of methoxy groups -OCH3 is 1. The van der Waals surface area contributed by atoms with Crippen LogP contribution < -0.4 is 15.4 Å². The maximum absolute atomic E-state index is 5.33. The van der Waals surface area contributed by atoms with Crippen molar-refractivity contribution in [1.29, 1.82) is 0 Å². The Morgan fingerprint density at radius 2 is 2.32 bits per heavy atom. The van der Waals surface area contributed by atoms with Gasteiger partial charge in [0.1, 0.15) is 5.75 Å². The summed E-state index contributed by atoms with van der Waals surface area (Å²) in [5, 5.41) is 7.13. The molecule has 0 aromatic heterocycles. The largest absolute Gasteiger partial charge is 0.497 e. The third-order valence-corrected chi connectivity index (χ3v) is 4.25. The van der Waals surface area contributed by atoms with Crippen molar-refractivity contribution < 1.29 is 4.74 Å². The van der Waals surface area contributed by atoms with Crippen LogP contribution in [0.3, 0.4) is 0 Å². The predicted molar refractivity (Wildman–Crippen MR) is 96.7 cm³/mol. The van der Waals surface area contributed by atoms with Crippen molar-refractivity contribution in [3.05, 3.63) is 24.3 Å². The third kappa shape index (κ3) is 5.81. The van der Waals surface area contributed by atoms with Gasteiger partial charge in [0.05, 0.1) is 7.11 Å². The minimum atomic E-state index is 0.667. The Morgan fingerprint density at radius 3 is 3.09 bits per heavy atom. The van der Waals surface area contributed by atoms with E-state index in [1.165, 1.54) is 25.9 Å². The molecule has 22 heavy (non-hydrogen) atoms. The van der Waals surface area contributed by atoms with Gasteiger partial charge in [-0.25, -0.2) is 0 Å². The second-order valence-corrected chi connectivity index (χ2v) is 6.42. The zero-order valence-electron chi connectivity index (χ0n) is 13.6. The number of hydrogen-bond donors (Lipinski definition) is 2. The Morgan fingerprint density at radius 1 is 1.45 bits per heavy atom. The molecule has 1 atom stereocenters. The molecular weight excluding hydrogens is 294 g/mol. The van der Waals surface area contributed by atoms with E-state index in [9.17, 15) is 0 Å². The van der Waals surface area contributed by atoms with Crippen LogP contribution in [0.15, 0.2) is 24.3 Å². The Bertz CT molecular complexity index is 481. The number of likely N-dealkylation sites (tertiary alicyclic amines) is 1. The molecule has 2 rings (SSSR count). The van der Waals surface area contributed by atoms with Gasteiger partial charge in [0.15, 0.2) is 5.11 Å². The summed E-state index contributed by atoms with van der Waals surface area (Å²) in [5.74, 6) is 1.67. The van der Waals surface area contributed by atoms with Crippen molar-refractivity contribution in [2.45, 2.75) is 26.2 Å². The second kappa shape index (κ2) is 8.96. The molecule has 0 unspecified atom stereocenters. The number of ether oxygens (including phenoxy) is 1.